The van der Waals surface area contributed by atoms with E-state index < -0.39 is 17.3 Å². The second kappa shape index (κ2) is 8.13. The molecule has 0 amide bonds. The van der Waals surface area contributed by atoms with Gasteiger partial charge in [0.1, 0.15) is 17.3 Å². The van der Waals surface area contributed by atoms with Gasteiger partial charge in [0, 0.05) is 50.1 Å². The molecular weight excluding hydrogens is 365 g/mol. The van der Waals surface area contributed by atoms with E-state index >= 15 is 0 Å². The first-order valence-electron chi connectivity index (χ1n) is 8.66. The van der Waals surface area contributed by atoms with Crippen molar-refractivity contribution in [1.29, 1.82) is 0 Å². The highest BCUT2D eigenvalue weighted by molar-refractivity contribution is 6.19. The zero-order chi connectivity index (χ0) is 19.5. The molecule has 0 saturated carbocycles. The third-order valence-electron chi connectivity index (χ3n) is 4.28. The Bertz CT molecular complexity index is 613. The summed E-state index contributed by atoms with van der Waals surface area (Å²) in [5.41, 5.74) is -0.313. The van der Waals surface area contributed by atoms with E-state index in [4.69, 9.17) is 11.6 Å². The highest BCUT2D eigenvalue weighted by Crippen LogP contribution is 2.32. The van der Waals surface area contributed by atoms with E-state index in [0.29, 0.717) is 24.8 Å². The second-order valence-electron chi connectivity index (χ2n) is 7.65. The van der Waals surface area contributed by atoms with Gasteiger partial charge in [-0.15, -0.1) is 11.6 Å². The third kappa shape index (κ3) is 5.58. The van der Waals surface area contributed by atoms with E-state index in [1.54, 1.807) is 0 Å². The summed E-state index contributed by atoms with van der Waals surface area (Å²) in [5, 5.41) is 0. The summed E-state index contributed by atoms with van der Waals surface area (Å²) in [6.45, 7) is 11.0. The summed E-state index contributed by atoms with van der Waals surface area (Å²) in [6.07, 6.45) is -2.39. The maximum absolute atomic E-state index is 13.2. The van der Waals surface area contributed by atoms with Crippen LogP contribution in [0.5, 0.6) is 0 Å². The zero-order valence-corrected chi connectivity index (χ0v) is 16.5. The van der Waals surface area contributed by atoms with Gasteiger partial charge in [-0.1, -0.05) is 32.4 Å². The number of rotatable bonds is 4. The molecule has 0 radical (unpaired) electrons. The SMILES string of the molecule is CC(=CCN1CCN(c2cc(C(F)(F)F)nc(C(C)(C)C)n2)CC1)CCl. The van der Waals surface area contributed by atoms with Crippen LogP contribution in [0.3, 0.4) is 0 Å². The van der Waals surface area contributed by atoms with Crippen LogP contribution in [0.15, 0.2) is 17.7 Å². The minimum absolute atomic E-state index is 0.213. The van der Waals surface area contributed by atoms with E-state index in [0.717, 1.165) is 31.3 Å². The van der Waals surface area contributed by atoms with Gasteiger partial charge in [-0.2, -0.15) is 13.2 Å². The zero-order valence-electron chi connectivity index (χ0n) is 15.7. The third-order valence-corrected chi connectivity index (χ3v) is 4.70. The summed E-state index contributed by atoms with van der Waals surface area (Å²) in [4.78, 5) is 12.3. The molecule has 0 aliphatic carbocycles. The highest BCUT2D eigenvalue weighted by Gasteiger charge is 2.35. The fourth-order valence-electron chi connectivity index (χ4n) is 2.58. The number of piperazine rings is 1. The van der Waals surface area contributed by atoms with Gasteiger partial charge in [-0.25, -0.2) is 9.97 Å². The summed E-state index contributed by atoms with van der Waals surface area (Å²) in [5.74, 6) is 1.08. The Morgan fingerprint density at radius 3 is 2.27 bits per heavy atom. The summed E-state index contributed by atoms with van der Waals surface area (Å²) < 4.78 is 39.7. The molecule has 0 spiro atoms. The lowest BCUT2D eigenvalue weighted by Crippen LogP contribution is -2.47. The monoisotopic (exact) mass is 390 g/mol. The van der Waals surface area contributed by atoms with Crippen LogP contribution in [0.4, 0.5) is 19.0 Å². The minimum Gasteiger partial charge on any atom is -0.354 e. The number of allylic oxidation sites excluding steroid dienone is 1. The van der Waals surface area contributed by atoms with Crippen LogP contribution in [0.1, 0.15) is 39.2 Å². The van der Waals surface area contributed by atoms with Crippen LogP contribution < -0.4 is 4.90 Å². The first-order valence-corrected chi connectivity index (χ1v) is 9.20. The molecule has 0 atom stereocenters. The van der Waals surface area contributed by atoms with E-state index in [-0.39, 0.29) is 5.82 Å². The summed E-state index contributed by atoms with van der Waals surface area (Å²) >= 11 is 5.77. The molecule has 26 heavy (non-hydrogen) atoms. The average Bonchev–Trinajstić information content (AvgIpc) is 2.58. The van der Waals surface area contributed by atoms with E-state index in [9.17, 15) is 13.2 Å². The molecule has 1 aliphatic heterocycles. The minimum atomic E-state index is -4.48. The molecule has 0 aromatic carbocycles. The predicted octanol–water partition coefficient (Wildman–Crippen LogP) is 4.10. The van der Waals surface area contributed by atoms with E-state index in [1.807, 2.05) is 32.6 Å². The van der Waals surface area contributed by atoms with Gasteiger partial charge in [0.05, 0.1) is 0 Å². The second-order valence-corrected chi connectivity index (χ2v) is 7.92. The molecule has 146 valence electrons. The van der Waals surface area contributed by atoms with Crippen LogP contribution in [-0.2, 0) is 11.6 Å². The van der Waals surface area contributed by atoms with Crippen LogP contribution in [-0.4, -0.2) is 53.5 Å². The van der Waals surface area contributed by atoms with Crippen LogP contribution in [0.2, 0.25) is 0 Å². The largest absolute Gasteiger partial charge is 0.433 e. The lowest BCUT2D eigenvalue weighted by molar-refractivity contribution is -0.141. The molecule has 1 saturated heterocycles. The molecule has 8 heteroatoms. The Balaban J connectivity index is 2.16. The molecule has 1 aliphatic rings. The number of hydrogen-bond acceptors (Lipinski definition) is 4. The van der Waals surface area contributed by atoms with Crippen molar-refractivity contribution in [2.45, 2.75) is 39.3 Å². The topological polar surface area (TPSA) is 32.3 Å². The van der Waals surface area contributed by atoms with Gasteiger partial charge >= 0.3 is 6.18 Å². The summed E-state index contributed by atoms with van der Waals surface area (Å²) in [6, 6.07) is 1.06. The van der Waals surface area contributed by atoms with Crippen LogP contribution >= 0.6 is 11.6 Å². The molecule has 0 bridgehead atoms. The Hall–Kier alpha value is -1.34. The van der Waals surface area contributed by atoms with Crippen molar-refractivity contribution >= 4 is 17.4 Å². The maximum Gasteiger partial charge on any atom is 0.433 e. The molecule has 1 fully saturated rings. The lowest BCUT2D eigenvalue weighted by atomic mass is 9.95. The van der Waals surface area contributed by atoms with Crippen LogP contribution in [0, 0.1) is 0 Å². The lowest BCUT2D eigenvalue weighted by Gasteiger charge is -2.35. The number of nitrogens with zero attached hydrogens (tertiary/aromatic N) is 4. The Morgan fingerprint density at radius 1 is 1.15 bits per heavy atom. The van der Waals surface area contributed by atoms with Crippen molar-refractivity contribution in [3.05, 3.63) is 29.2 Å². The van der Waals surface area contributed by atoms with E-state index in [1.165, 1.54) is 0 Å². The molecule has 0 N–H and O–H groups in total. The number of halogens is 4. The maximum atomic E-state index is 13.2. The van der Waals surface area contributed by atoms with Gasteiger partial charge in [0.15, 0.2) is 0 Å². The summed E-state index contributed by atoms with van der Waals surface area (Å²) in [7, 11) is 0. The predicted molar refractivity (Wildman–Crippen MR) is 98.9 cm³/mol. The van der Waals surface area contributed by atoms with Crippen LogP contribution in [0.25, 0.3) is 0 Å². The molecule has 1 aromatic heterocycles. The molecule has 1 aromatic rings. The van der Waals surface area contributed by atoms with Gasteiger partial charge in [0.2, 0.25) is 0 Å². The standard InChI is InChI=1S/C18H26ClF3N4/c1-13(12-19)5-6-25-7-9-26(10-8-25)15-11-14(18(20,21)22)23-16(24-15)17(2,3)4/h5,11H,6-10,12H2,1-4H3. The number of alkyl halides is 4. The van der Waals surface area contributed by atoms with Crippen molar-refractivity contribution in [3.63, 3.8) is 0 Å². The first kappa shape index (κ1) is 21.0. The van der Waals surface area contributed by atoms with Gasteiger partial charge in [-0.3, -0.25) is 4.90 Å². The van der Waals surface area contributed by atoms with Crippen molar-refractivity contribution < 1.29 is 13.2 Å². The van der Waals surface area contributed by atoms with Crippen molar-refractivity contribution in [3.8, 4) is 0 Å². The smallest absolute Gasteiger partial charge is 0.354 e. The fraction of sp³-hybridized carbons (Fsp3) is 0.667. The Kier molecular flexibility index (Phi) is 6.55. The Morgan fingerprint density at radius 2 is 1.77 bits per heavy atom. The van der Waals surface area contributed by atoms with E-state index in [2.05, 4.69) is 20.9 Å². The molecule has 2 heterocycles. The highest BCUT2D eigenvalue weighted by atomic mass is 35.5. The fourth-order valence-corrected chi connectivity index (χ4v) is 2.69. The molecular formula is C18H26ClF3N4. The molecule has 4 nitrogen and oxygen atoms in total. The van der Waals surface area contributed by atoms with Crippen molar-refractivity contribution in [2.24, 2.45) is 0 Å². The normalized spacial score (nSPS) is 17.7. The number of anilines is 1. The van der Waals surface area contributed by atoms with Crippen molar-refractivity contribution in [1.82, 2.24) is 14.9 Å². The average molecular weight is 391 g/mol. The Labute approximate surface area is 158 Å². The molecule has 2 rings (SSSR count). The number of aromatic nitrogens is 2. The van der Waals surface area contributed by atoms with Gasteiger partial charge < -0.3 is 4.90 Å². The first-order chi connectivity index (χ1) is 12.0. The van der Waals surface area contributed by atoms with Gasteiger partial charge in [-0.05, 0) is 6.92 Å². The molecule has 0 unspecified atom stereocenters. The number of hydrogen-bond donors (Lipinski definition) is 0. The van der Waals surface area contributed by atoms with Gasteiger partial charge in [0.25, 0.3) is 0 Å². The van der Waals surface area contributed by atoms with Crippen molar-refractivity contribution in [2.75, 3.05) is 43.5 Å². The quantitative estimate of drug-likeness (QED) is 0.572.